The molecule has 3 aromatic heterocycles. The van der Waals surface area contributed by atoms with E-state index in [0.29, 0.717) is 5.13 Å². The van der Waals surface area contributed by atoms with Gasteiger partial charge in [0.25, 0.3) is 5.91 Å². The van der Waals surface area contributed by atoms with Crippen molar-refractivity contribution in [1.82, 2.24) is 4.98 Å². The molecule has 6 heteroatoms. The van der Waals surface area contributed by atoms with Crippen molar-refractivity contribution < 1.29 is 4.79 Å². The molecule has 1 amide bonds. The zero-order valence-electron chi connectivity index (χ0n) is 11.7. The van der Waals surface area contributed by atoms with E-state index in [9.17, 15) is 4.79 Å². The van der Waals surface area contributed by atoms with E-state index in [1.54, 1.807) is 22.7 Å². The molecular weight excluding hydrogens is 320 g/mol. The van der Waals surface area contributed by atoms with Crippen molar-refractivity contribution in [2.45, 2.75) is 20.3 Å². The fraction of sp³-hybridized carbons (Fsp3) is 0.200. The number of aryl methyl sites for hydroxylation is 2. The maximum absolute atomic E-state index is 12.3. The summed E-state index contributed by atoms with van der Waals surface area (Å²) < 4.78 is 0. The molecule has 3 rings (SSSR count). The van der Waals surface area contributed by atoms with Crippen LogP contribution in [-0.4, -0.2) is 10.9 Å². The summed E-state index contributed by atoms with van der Waals surface area (Å²) in [5.74, 6) is -0.0742. The molecular formula is C15H14N2OS3. The minimum atomic E-state index is -0.0742. The van der Waals surface area contributed by atoms with Gasteiger partial charge in [0, 0.05) is 10.3 Å². The van der Waals surface area contributed by atoms with Crippen LogP contribution in [0, 0.1) is 6.92 Å². The maximum Gasteiger partial charge on any atom is 0.267 e. The number of hydrogen-bond acceptors (Lipinski definition) is 5. The summed E-state index contributed by atoms with van der Waals surface area (Å²) in [6, 6.07) is 5.98. The number of nitrogens with zero attached hydrogens (tertiary/aromatic N) is 1. The lowest BCUT2D eigenvalue weighted by Crippen LogP contribution is -2.09. The number of aromatic nitrogens is 1. The van der Waals surface area contributed by atoms with Gasteiger partial charge >= 0.3 is 0 Å². The Hall–Kier alpha value is -1.50. The molecule has 3 heterocycles. The molecule has 0 saturated heterocycles. The Bertz CT molecular complexity index is 756. The number of nitrogens with one attached hydrogen (secondary N) is 1. The number of carbonyl (C=O) groups is 1. The van der Waals surface area contributed by atoms with Gasteiger partial charge in [-0.15, -0.1) is 34.0 Å². The molecule has 0 fully saturated rings. The smallest absolute Gasteiger partial charge is 0.267 e. The minimum absolute atomic E-state index is 0.0742. The van der Waals surface area contributed by atoms with Crippen LogP contribution in [0.3, 0.4) is 0 Å². The molecule has 0 radical (unpaired) electrons. The van der Waals surface area contributed by atoms with Crippen molar-refractivity contribution in [1.29, 1.82) is 0 Å². The molecule has 0 unspecified atom stereocenters. The molecule has 0 aromatic carbocycles. The lowest BCUT2D eigenvalue weighted by Gasteiger charge is -1.97. The van der Waals surface area contributed by atoms with Crippen LogP contribution in [0.1, 0.15) is 27.0 Å². The molecule has 0 aliphatic heterocycles. The first kappa shape index (κ1) is 14.4. The Balaban J connectivity index is 1.75. The van der Waals surface area contributed by atoms with E-state index in [2.05, 4.69) is 17.2 Å². The first-order valence-corrected chi connectivity index (χ1v) is 9.15. The van der Waals surface area contributed by atoms with Crippen LogP contribution in [0.4, 0.5) is 5.13 Å². The highest BCUT2D eigenvalue weighted by atomic mass is 32.1. The molecule has 3 nitrogen and oxygen atoms in total. The quantitative estimate of drug-likeness (QED) is 0.725. The van der Waals surface area contributed by atoms with Crippen molar-refractivity contribution in [3.8, 4) is 10.6 Å². The van der Waals surface area contributed by atoms with Crippen LogP contribution in [0.2, 0.25) is 0 Å². The van der Waals surface area contributed by atoms with Gasteiger partial charge in [-0.2, -0.15) is 0 Å². The highest BCUT2D eigenvalue weighted by Gasteiger charge is 2.14. The molecule has 21 heavy (non-hydrogen) atoms. The van der Waals surface area contributed by atoms with Gasteiger partial charge in [0.2, 0.25) is 0 Å². The van der Waals surface area contributed by atoms with E-state index in [-0.39, 0.29) is 5.91 Å². The number of rotatable bonds is 4. The average molecular weight is 334 g/mol. The fourth-order valence-corrected chi connectivity index (χ4v) is 4.49. The third-order valence-electron chi connectivity index (χ3n) is 3.06. The molecule has 1 N–H and O–H groups in total. The first-order valence-electron chi connectivity index (χ1n) is 6.57. The van der Waals surface area contributed by atoms with Crippen molar-refractivity contribution >= 4 is 45.0 Å². The van der Waals surface area contributed by atoms with E-state index >= 15 is 0 Å². The number of anilines is 1. The van der Waals surface area contributed by atoms with E-state index in [1.165, 1.54) is 21.8 Å². The van der Waals surface area contributed by atoms with E-state index in [0.717, 1.165) is 21.9 Å². The number of thiazole rings is 1. The van der Waals surface area contributed by atoms with Crippen LogP contribution < -0.4 is 5.32 Å². The Morgan fingerprint density at radius 2 is 2.24 bits per heavy atom. The third-order valence-corrected chi connectivity index (χ3v) is 6.09. The van der Waals surface area contributed by atoms with Gasteiger partial charge in [-0.3, -0.25) is 10.1 Å². The van der Waals surface area contributed by atoms with Crippen LogP contribution in [-0.2, 0) is 6.42 Å². The molecule has 0 atom stereocenters. The minimum Gasteiger partial charge on any atom is -0.297 e. The van der Waals surface area contributed by atoms with Gasteiger partial charge in [-0.1, -0.05) is 13.0 Å². The predicted octanol–water partition coefficient (Wildman–Crippen LogP) is 5.06. The topological polar surface area (TPSA) is 42.0 Å². The van der Waals surface area contributed by atoms with Crippen LogP contribution >= 0.6 is 34.0 Å². The summed E-state index contributed by atoms with van der Waals surface area (Å²) >= 11 is 4.66. The van der Waals surface area contributed by atoms with E-state index in [1.807, 2.05) is 35.9 Å². The summed E-state index contributed by atoms with van der Waals surface area (Å²) in [7, 11) is 0. The molecule has 108 valence electrons. The third kappa shape index (κ3) is 3.07. The van der Waals surface area contributed by atoms with Crippen molar-refractivity contribution in [3.05, 3.63) is 44.3 Å². The second-order valence-electron chi connectivity index (χ2n) is 4.54. The fourth-order valence-electron chi connectivity index (χ4n) is 2.01. The Kier molecular flexibility index (Phi) is 4.19. The molecule has 0 spiro atoms. The van der Waals surface area contributed by atoms with Gasteiger partial charge in [0.1, 0.15) is 0 Å². The lowest BCUT2D eigenvalue weighted by molar-refractivity contribution is 0.103. The van der Waals surface area contributed by atoms with Crippen LogP contribution in [0.5, 0.6) is 0 Å². The standard InChI is InChI=1S/C15H14N2OS3/c1-3-11-9(2)7-13(21-11)14(18)17-15-16-10(8-20-15)12-5-4-6-19-12/h4-8H,3H2,1-2H3,(H,16,17,18). The summed E-state index contributed by atoms with van der Waals surface area (Å²) in [4.78, 5) is 19.9. The lowest BCUT2D eigenvalue weighted by atomic mass is 10.2. The number of amides is 1. The van der Waals surface area contributed by atoms with Crippen molar-refractivity contribution in [3.63, 3.8) is 0 Å². The summed E-state index contributed by atoms with van der Waals surface area (Å²) in [5, 5.41) is 7.53. The average Bonchev–Trinajstić information content (AvgIpc) is 3.17. The second-order valence-corrected chi connectivity index (χ2v) is 7.48. The van der Waals surface area contributed by atoms with Crippen LogP contribution in [0.25, 0.3) is 10.6 Å². The number of thiophene rings is 2. The normalized spacial score (nSPS) is 10.8. The summed E-state index contributed by atoms with van der Waals surface area (Å²) in [6.07, 6.45) is 0.962. The molecule has 0 bridgehead atoms. The molecule has 0 aliphatic rings. The summed E-state index contributed by atoms with van der Waals surface area (Å²) in [5.41, 5.74) is 2.10. The van der Waals surface area contributed by atoms with Gasteiger partial charge in [0.05, 0.1) is 15.4 Å². The van der Waals surface area contributed by atoms with Gasteiger partial charge < -0.3 is 0 Å². The van der Waals surface area contributed by atoms with Crippen molar-refractivity contribution in [2.24, 2.45) is 0 Å². The maximum atomic E-state index is 12.3. The zero-order valence-corrected chi connectivity index (χ0v) is 14.1. The van der Waals surface area contributed by atoms with Gasteiger partial charge in [0.15, 0.2) is 5.13 Å². The highest BCUT2D eigenvalue weighted by Crippen LogP contribution is 2.29. The van der Waals surface area contributed by atoms with Crippen LogP contribution in [0.15, 0.2) is 29.0 Å². The SMILES string of the molecule is CCc1sc(C(=O)Nc2nc(-c3cccs3)cs2)cc1C. The van der Waals surface area contributed by atoms with E-state index in [4.69, 9.17) is 0 Å². The monoisotopic (exact) mass is 334 g/mol. The highest BCUT2D eigenvalue weighted by molar-refractivity contribution is 7.16. The molecule has 0 saturated carbocycles. The summed E-state index contributed by atoms with van der Waals surface area (Å²) in [6.45, 7) is 4.15. The van der Waals surface area contributed by atoms with Gasteiger partial charge in [-0.25, -0.2) is 4.98 Å². The molecule has 3 aromatic rings. The molecule has 0 aliphatic carbocycles. The number of carbonyl (C=O) groups excluding carboxylic acids is 1. The van der Waals surface area contributed by atoms with E-state index < -0.39 is 0 Å². The number of hydrogen-bond donors (Lipinski definition) is 1. The Morgan fingerprint density at radius 3 is 2.90 bits per heavy atom. The zero-order chi connectivity index (χ0) is 14.8. The predicted molar refractivity (Wildman–Crippen MR) is 91.8 cm³/mol. The Labute approximate surface area is 135 Å². The Morgan fingerprint density at radius 1 is 1.38 bits per heavy atom. The first-order chi connectivity index (χ1) is 10.2. The van der Waals surface area contributed by atoms with Gasteiger partial charge in [-0.05, 0) is 36.4 Å². The largest absolute Gasteiger partial charge is 0.297 e. The van der Waals surface area contributed by atoms with Crippen molar-refractivity contribution in [2.75, 3.05) is 5.32 Å². The second kappa shape index (κ2) is 6.09.